The summed E-state index contributed by atoms with van der Waals surface area (Å²) < 4.78 is 28.8. The van der Waals surface area contributed by atoms with Gasteiger partial charge in [-0.2, -0.15) is 4.68 Å². The molecule has 3 rings (SSSR count). The lowest BCUT2D eigenvalue weighted by atomic mass is 10.1. The van der Waals surface area contributed by atoms with E-state index in [1.54, 1.807) is 12.1 Å². The molecular weight excluding hydrogens is 362 g/mol. The maximum Gasteiger partial charge on any atom is 0.242 e. The highest BCUT2D eigenvalue weighted by atomic mass is 35.5. The van der Waals surface area contributed by atoms with Crippen LogP contribution in [0.2, 0.25) is 5.02 Å². The normalized spacial score (nSPS) is 11.6. The molecular formula is C16H16ClN5O2S. The molecule has 1 heterocycles. The van der Waals surface area contributed by atoms with E-state index in [2.05, 4.69) is 20.2 Å². The van der Waals surface area contributed by atoms with Gasteiger partial charge in [0.25, 0.3) is 0 Å². The number of nitrogens with one attached hydrogen (secondary N) is 1. The third-order valence-electron chi connectivity index (χ3n) is 3.82. The SMILES string of the molecule is Cc1ccc(-n2nnnc2CNS(=O)(=O)c2ccccc2Cl)cc1C. The largest absolute Gasteiger partial charge is 0.242 e. The van der Waals surface area contributed by atoms with Crippen molar-refractivity contribution >= 4 is 21.6 Å². The predicted molar refractivity (Wildman–Crippen MR) is 94.1 cm³/mol. The molecule has 0 saturated heterocycles. The summed E-state index contributed by atoms with van der Waals surface area (Å²) in [7, 11) is -3.77. The Balaban J connectivity index is 1.85. The van der Waals surface area contributed by atoms with Crippen molar-refractivity contribution in [3.63, 3.8) is 0 Å². The number of nitrogens with zero attached hydrogens (tertiary/aromatic N) is 4. The lowest BCUT2D eigenvalue weighted by Crippen LogP contribution is -2.25. The number of hydrogen-bond acceptors (Lipinski definition) is 5. The Kier molecular flexibility index (Phi) is 4.85. The van der Waals surface area contributed by atoms with E-state index in [1.165, 1.54) is 16.8 Å². The smallest absolute Gasteiger partial charge is 0.207 e. The van der Waals surface area contributed by atoms with Crippen LogP contribution in [-0.2, 0) is 16.6 Å². The van der Waals surface area contributed by atoms with Crippen LogP contribution in [0.1, 0.15) is 17.0 Å². The third-order valence-corrected chi connectivity index (χ3v) is 5.72. The Morgan fingerprint density at radius 2 is 1.88 bits per heavy atom. The lowest BCUT2D eigenvalue weighted by molar-refractivity contribution is 0.578. The summed E-state index contributed by atoms with van der Waals surface area (Å²) in [6.07, 6.45) is 0. The highest BCUT2D eigenvalue weighted by Gasteiger charge is 2.19. The van der Waals surface area contributed by atoms with Crippen molar-refractivity contribution in [3.05, 3.63) is 64.4 Å². The average molecular weight is 378 g/mol. The summed E-state index contributed by atoms with van der Waals surface area (Å²) in [5.74, 6) is 0.374. The molecule has 0 radical (unpaired) electrons. The summed E-state index contributed by atoms with van der Waals surface area (Å²) in [6, 6.07) is 12.0. The maximum absolute atomic E-state index is 12.4. The van der Waals surface area contributed by atoms with Crippen molar-refractivity contribution in [2.75, 3.05) is 0 Å². The van der Waals surface area contributed by atoms with Gasteiger partial charge in [0.15, 0.2) is 5.82 Å². The fourth-order valence-electron chi connectivity index (χ4n) is 2.27. The van der Waals surface area contributed by atoms with E-state index in [0.29, 0.717) is 5.82 Å². The minimum absolute atomic E-state index is 0.0156. The highest BCUT2D eigenvalue weighted by Crippen LogP contribution is 2.20. The van der Waals surface area contributed by atoms with E-state index >= 15 is 0 Å². The van der Waals surface area contributed by atoms with Gasteiger partial charge in [-0.25, -0.2) is 13.1 Å². The van der Waals surface area contributed by atoms with E-state index in [-0.39, 0.29) is 16.5 Å². The lowest BCUT2D eigenvalue weighted by Gasteiger charge is -2.09. The van der Waals surface area contributed by atoms with E-state index in [4.69, 9.17) is 11.6 Å². The monoisotopic (exact) mass is 377 g/mol. The second kappa shape index (κ2) is 6.91. The first-order valence-corrected chi connectivity index (χ1v) is 9.34. The molecule has 25 heavy (non-hydrogen) atoms. The minimum atomic E-state index is -3.77. The van der Waals surface area contributed by atoms with E-state index in [0.717, 1.165) is 16.8 Å². The van der Waals surface area contributed by atoms with Gasteiger partial charge >= 0.3 is 0 Å². The molecule has 0 aliphatic heterocycles. The van der Waals surface area contributed by atoms with Crippen LogP contribution in [0.4, 0.5) is 0 Å². The third kappa shape index (κ3) is 3.71. The second-order valence-corrected chi connectivity index (χ2v) is 7.67. The Morgan fingerprint density at radius 1 is 1.12 bits per heavy atom. The summed E-state index contributed by atoms with van der Waals surface area (Å²) in [5.41, 5.74) is 3.01. The Labute approximate surface area is 150 Å². The molecule has 0 atom stereocenters. The number of hydrogen-bond donors (Lipinski definition) is 1. The number of aryl methyl sites for hydroxylation is 2. The number of rotatable bonds is 5. The molecule has 0 bridgehead atoms. The van der Waals surface area contributed by atoms with Crippen LogP contribution in [0, 0.1) is 13.8 Å². The number of tetrazole rings is 1. The topological polar surface area (TPSA) is 89.8 Å². The van der Waals surface area contributed by atoms with Crippen molar-refractivity contribution in [2.24, 2.45) is 0 Å². The minimum Gasteiger partial charge on any atom is -0.207 e. The fourth-order valence-corrected chi connectivity index (χ4v) is 3.77. The summed E-state index contributed by atoms with van der Waals surface area (Å²) in [6.45, 7) is 3.94. The summed E-state index contributed by atoms with van der Waals surface area (Å²) >= 11 is 5.96. The molecule has 2 aromatic carbocycles. The predicted octanol–water partition coefficient (Wildman–Crippen LogP) is 2.41. The van der Waals surface area contributed by atoms with Crippen molar-refractivity contribution in [1.29, 1.82) is 0 Å². The van der Waals surface area contributed by atoms with Gasteiger partial charge in [-0.05, 0) is 59.7 Å². The molecule has 1 N–H and O–H groups in total. The van der Waals surface area contributed by atoms with Gasteiger partial charge in [0.05, 0.1) is 17.3 Å². The van der Waals surface area contributed by atoms with Gasteiger partial charge in [-0.1, -0.05) is 29.8 Å². The first kappa shape index (κ1) is 17.5. The van der Waals surface area contributed by atoms with Gasteiger partial charge in [0, 0.05) is 0 Å². The summed E-state index contributed by atoms with van der Waals surface area (Å²) in [4.78, 5) is 0.0156. The van der Waals surface area contributed by atoms with E-state index < -0.39 is 10.0 Å². The van der Waals surface area contributed by atoms with E-state index in [9.17, 15) is 8.42 Å². The number of sulfonamides is 1. The number of aromatic nitrogens is 4. The van der Waals surface area contributed by atoms with Crippen molar-refractivity contribution in [2.45, 2.75) is 25.3 Å². The molecule has 0 unspecified atom stereocenters. The number of halogens is 1. The van der Waals surface area contributed by atoms with Gasteiger partial charge in [0.2, 0.25) is 10.0 Å². The molecule has 7 nitrogen and oxygen atoms in total. The highest BCUT2D eigenvalue weighted by molar-refractivity contribution is 7.89. The maximum atomic E-state index is 12.4. The zero-order valence-corrected chi connectivity index (χ0v) is 15.2. The average Bonchev–Trinajstić information content (AvgIpc) is 3.04. The Bertz CT molecular complexity index is 1020. The Hall–Kier alpha value is -2.29. The van der Waals surface area contributed by atoms with Gasteiger partial charge in [-0.3, -0.25) is 0 Å². The van der Waals surface area contributed by atoms with Crippen LogP contribution in [-0.4, -0.2) is 28.6 Å². The first-order valence-electron chi connectivity index (χ1n) is 7.47. The second-order valence-electron chi connectivity index (χ2n) is 5.53. The van der Waals surface area contributed by atoms with Crippen molar-refractivity contribution in [3.8, 4) is 5.69 Å². The van der Waals surface area contributed by atoms with Crippen molar-refractivity contribution in [1.82, 2.24) is 24.9 Å². The molecule has 0 fully saturated rings. The zero-order valence-electron chi connectivity index (χ0n) is 13.6. The summed E-state index contributed by atoms with van der Waals surface area (Å²) in [5, 5.41) is 11.6. The first-order chi connectivity index (χ1) is 11.9. The van der Waals surface area contributed by atoms with Crippen molar-refractivity contribution < 1.29 is 8.42 Å². The molecule has 1 aromatic heterocycles. The molecule has 0 amide bonds. The quantitative estimate of drug-likeness (QED) is 0.737. The molecule has 0 saturated carbocycles. The van der Waals surface area contributed by atoms with Crippen LogP contribution in [0.3, 0.4) is 0 Å². The van der Waals surface area contributed by atoms with Gasteiger partial charge in [-0.15, -0.1) is 5.10 Å². The molecule has 9 heteroatoms. The van der Waals surface area contributed by atoms with Crippen LogP contribution in [0.25, 0.3) is 5.69 Å². The standard InChI is InChI=1S/C16H16ClN5O2S/c1-11-7-8-13(9-12(11)2)22-16(19-20-21-22)10-18-25(23,24)15-6-4-3-5-14(15)17/h3-9,18H,10H2,1-2H3. The fraction of sp³-hybridized carbons (Fsp3) is 0.188. The number of benzene rings is 2. The molecule has 130 valence electrons. The Morgan fingerprint density at radius 3 is 2.60 bits per heavy atom. The van der Waals surface area contributed by atoms with Gasteiger partial charge < -0.3 is 0 Å². The van der Waals surface area contributed by atoms with Crippen LogP contribution in [0.15, 0.2) is 47.4 Å². The van der Waals surface area contributed by atoms with Crippen LogP contribution >= 0.6 is 11.6 Å². The zero-order chi connectivity index (χ0) is 18.0. The molecule has 0 aliphatic carbocycles. The van der Waals surface area contributed by atoms with Crippen LogP contribution in [0.5, 0.6) is 0 Å². The molecule has 0 spiro atoms. The molecule has 3 aromatic rings. The van der Waals surface area contributed by atoms with Gasteiger partial charge in [0.1, 0.15) is 4.90 Å². The van der Waals surface area contributed by atoms with E-state index in [1.807, 2.05) is 32.0 Å². The van der Waals surface area contributed by atoms with Crippen LogP contribution < -0.4 is 4.72 Å². The molecule has 0 aliphatic rings.